The van der Waals surface area contributed by atoms with Crippen LogP contribution in [0.15, 0.2) is 29.3 Å². The number of halogens is 1. The number of ether oxygens (including phenoxy) is 1. The molecular weight excluding hydrogens is 286 g/mol. The van der Waals surface area contributed by atoms with Crippen molar-refractivity contribution in [2.45, 2.75) is 19.4 Å². The lowest BCUT2D eigenvalue weighted by atomic mass is 9.87. The maximum absolute atomic E-state index is 5.91. The van der Waals surface area contributed by atoms with E-state index < -0.39 is 0 Å². The van der Waals surface area contributed by atoms with Crippen molar-refractivity contribution in [1.82, 2.24) is 10.2 Å². The molecule has 0 aliphatic carbocycles. The molecule has 1 unspecified atom stereocenters. The molecule has 4 nitrogen and oxygen atoms in total. The number of hydrogen-bond acceptors (Lipinski definition) is 2. The zero-order valence-electron chi connectivity index (χ0n) is 12.4. The van der Waals surface area contributed by atoms with E-state index in [1.807, 2.05) is 31.3 Å². The van der Waals surface area contributed by atoms with E-state index in [1.54, 1.807) is 0 Å². The fourth-order valence-corrected chi connectivity index (χ4v) is 3.33. The molecule has 0 saturated carbocycles. The molecule has 2 aliphatic rings. The van der Waals surface area contributed by atoms with Gasteiger partial charge in [0.25, 0.3) is 0 Å². The van der Waals surface area contributed by atoms with Crippen LogP contribution in [-0.4, -0.2) is 44.2 Å². The first kappa shape index (κ1) is 14.7. The summed E-state index contributed by atoms with van der Waals surface area (Å²) < 4.78 is 5.58. The van der Waals surface area contributed by atoms with Crippen molar-refractivity contribution in [1.29, 1.82) is 0 Å². The highest BCUT2D eigenvalue weighted by atomic mass is 35.5. The normalized spacial score (nSPS) is 25.8. The van der Waals surface area contributed by atoms with E-state index in [2.05, 4.69) is 15.2 Å². The van der Waals surface area contributed by atoms with Gasteiger partial charge < -0.3 is 15.0 Å². The number of guanidine groups is 1. The summed E-state index contributed by atoms with van der Waals surface area (Å²) in [5.74, 6) is 0.980. The van der Waals surface area contributed by atoms with Crippen molar-refractivity contribution in [3.8, 4) is 0 Å². The molecule has 0 amide bonds. The monoisotopic (exact) mass is 307 g/mol. The Kier molecular flexibility index (Phi) is 4.36. The molecule has 2 aliphatic heterocycles. The lowest BCUT2D eigenvalue weighted by Gasteiger charge is -2.25. The minimum atomic E-state index is 0.359. The molecular formula is C16H22ClN3O. The molecule has 2 saturated heterocycles. The Morgan fingerprint density at radius 2 is 2.19 bits per heavy atom. The third-order valence-corrected chi connectivity index (χ3v) is 4.75. The molecule has 5 heteroatoms. The third-order valence-electron chi connectivity index (χ3n) is 4.50. The minimum Gasteiger partial charge on any atom is -0.381 e. The van der Waals surface area contributed by atoms with E-state index >= 15 is 0 Å². The van der Waals surface area contributed by atoms with Crippen LogP contribution in [0, 0.1) is 5.41 Å². The average Bonchev–Trinajstić information content (AvgIpc) is 3.13. The van der Waals surface area contributed by atoms with Crippen molar-refractivity contribution in [3.63, 3.8) is 0 Å². The van der Waals surface area contributed by atoms with Gasteiger partial charge in [-0.05, 0) is 30.5 Å². The minimum absolute atomic E-state index is 0.359. The maximum Gasteiger partial charge on any atom is 0.193 e. The predicted octanol–water partition coefficient (Wildman–Crippen LogP) is 2.53. The summed E-state index contributed by atoms with van der Waals surface area (Å²) in [4.78, 5) is 6.77. The highest BCUT2D eigenvalue weighted by molar-refractivity contribution is 6.30. The van der Waals surface area contributed by atoms with Gasteiger partial charge in [-0.3, -0.25) is 4.99 Å². The second kappa shape index (κ2) is 6.24. The first-order valence-electron chi connectivity index (χ1n) is 7.49. The van der Waals surface area contributed by atoms with Crippen molar-refractivity contribution >= 4 is 17.6 Å². The van der Waals surface area contributed by atoms with Crippen LogP contribution < -0.4 is 5.32 Å². The Morgan fingerprint density at radius 1 is 1.38 bits per heavy atom. The number of aliphatic imine (C=N–C) groups is 1. The second-order valence-corrected chi connectivity index (χ2v) is 6.44. The van der Waals surface area contributed by atoms with Gasteiger partial charge >= 0.3 is 0 Å². The number of nitrogens with zero attached hydrogens (tertiary/aromatic N) is 2. The van der Waals surface area contributed by atoms with E-state index in [4.69, 9.17) is 16.3 Å². The van der Waals surface area contributed by atoms with E-state index in [9.17, 15) is 0 Å². The molecule has 2 fully saturated rings. The molecule has 0 aromatic heterocycles. The van der Waals surface area contributed by atoms with Gasteiger partial charge in [-0.25, -0.2) is 0 Å². The average molecular weight is 308 g/mol. The summed E-state index contributed by atoms with van der Waals surface area (Å²) in [6.07, 6.45) is 2.38. The largest absolute Gasteiger partial charge is 0.381 e. The second-order valence-electron chi connectivity index (χ2n) is 6.00. The summed E-state index contributed by atoms with van der Waals surface area (Å²) in [7, 11) is 1.85. The predicted molar refractivity (Wildman–Crippen MR) is 85.7 cm³/mol. The van der Waals surface area contributed by atoms with Crippen LogP contribution in [0.25, 0.3) is 0 Å². The summed E-state index contributed by atoms with van der Waals surface area (Å²) in [6.45, 7) is 4.68. The Hall–Kier alpha value is -1.26. The SMILES string of the molecule is CN=C(NCc1ccc(Cl)cc1)N1CCC2(CCOC2)C1. The number of rotatable bonds is 2. The summed E-state index contributed by atoms with van der Waals surface area (Å²) in [5.41, 5.74) is 1.57. The topological polar surface area (TPSA) is 36.9 Å². The third kappa shape index (κ3) is 3.33. The molecule has 1 N–H and O–H groups in total. The number of benzene rings is 1. The molecule has 1 atom stereocenters. The van der Waals surface area contributed by atoms with Crippen LogP contribution in [0.2, 0.25) is 5.02 Å². The Labute approximate surface area is 131 Å². The van der Waals surface area contributed by atoms with Gasteiger partial charge in [0, 0.05) is 43.7 Å². The quantitative estimate of drug-likeness (QED) is 0.674. The standard InChI is InChI=1S/C16H22ClN3O/c1-18-15(19-10-13-2-4-14(17)5-3-13)20-8-6-16(11-20)7-9-21-12-16/h2-5H,6-12H2,1H3,(H,18,19). The van der Waals surface area contributed by atoms with Gasteiger partial charge in [-0.15, -0.1) is 0 Å². The molecule has 0 bridgehead atoms. The molecule has 1 spiro atoms. The Balaban J connectivity index is 1.57. The van der Waals surface area contributed by atoms with Crippen LogP contribution in [0.3, 0.4) is 0 Å². The molecule has 21 heavy (non-hydrogen) atoms. The fourth-order valence-electron chi connectivity index (χ4n) is 3.20. The maximum atomic E-state index is 5.91. The Bertz CT molecular complexity index is 509. The lowest BCUT2D eigenvalue weighted by Crippen LogP contribution is -2.41. The van der Waals surface area contributed by atoms with Gasteiger partial charge in [0.05, 0.1) is 6.61 Å². The van der Waals surface area contributed by atoms with Gasteiger partial charge in [0.1, 0.15) is 0 Å². The van der Waals surface area contributed by atoms with E-state index in [0.717, 1.165) is 43.8 Å². The lowest BCUT2D eigenvalue weighted by molar-refractivity contribution is 0.156. The number of hydrogen-bond donors (Lipinski definition) is 1. The first-order valence-corrected chi connectivity index (χ1v) is 7.86. The van der Waals surface area contributed by atoms with Gasteiger partial charge in [-0.1, -0.05) is 23.7 Å². The smallest absolute Gasteiger partial charge is 0.193 e. The first-order chi connectivity index (χ1) is 10.2. The molecule has 0 radical (unpaired) electrons. The molecule has 1 aromatic carbocycles. The van der Waals surface area contributed by atoms with E-state index in [0.29, 0.717) is 5.41 Å². The highest BCUT2D eigenvalue weighted by Crippen LogP contribution is 2.38. The highest BCUT2D eigenvalue weighted by Gasteiger charge is 2.42. The summed E-state index contributed by atoms with van der Waals surface area (Å²) >= 11 is 5.91. The number of likely N-dealkylation sites (tertiary alicyclic amines) is 1. The van der Waals surface area contributed by atoms with Crippen LogP contribution in [0.5, 0.6) is 0 Å². The molecule has 1 aromatic rings. The molecule has 2 heterocycles. The van der Waals surface area contributed by atoms with Crippen LogP contribution in [0.1, 0.15) is 18.4 Å². The van der Waals surface area contributed by atoms with Crippen LogP contribution in [-0.2, 0) is 11.3 Å². The van der Waals surface area contributed by atoms with E-state index in [-0.39, 0.29) is 0 Å². The van der Waals surface area contributed by atoms with Crippen molar-refractivity contribution in [3.05, 3.63) is 34.9 Å². The fraction of sp³-hybridized carbons (Fsp3) is 0.562. The molecule has 3 rings (SSSR count). The van der Waals surface area contributed by atoms with Crippen LogP contribution >= 0.6 is 11.6 Å². The van der Waals surface area contributed by atoms with Crippen molar-refractivity contribution < 1.29 is 4.74 Å². The van der Waals surface area contributed by atoms with Crippen LogP contribution in [0.4, 0.5) is 0 Å². The van der Waals surface area contributed by atoms with Gasteiger partial charge in [0.15, 0.2) is 5.96 Å². The Morgan fingerprint density at radius 3 is 2.86 bits per heavy atom. The van der Waals surface area contributed by atoms with Gasteiger partial charge in [-0.2, -0.15) is 0 Å². The van der Waals surface area contributed by atoms with Gasteiger partial charge in [0.2, 0.25) is 0 Å². The zero-order chi connectivity index (χ0) is 14.7. The van der Waals surface area contributed by atoms with Crippen molar-refractivity contribution in [2.75, 3.05) is 33.4 Å². The van der Waals surface area contributed by atoms with E-state index in [1.165, 1.54) is 18.4 Å². The summed E-state index contributed by atoms with van der Waals surface area (Å²) in [6, 6.07) is 7.92. The number of nitrogens with one attached hydrogen (secondary N) is 1. The van der Waals surface area contributed by atoms with Crippen molar-refractivity contribution in [2.24, 2.45) is 10.4 Å². The zero-order valence-corrected chi connectivity index (χ0v) is 13.2. The molecule has 114 valence electrons. The summed E-state index contributed by atoms with van der Waals surface area (Å²) in [5, 5.41) is 4.21.